The molecule has 2 amide bonds. The van der Waals surface area contributed by atoms with Crippen LogP contribution < -0.4 is 0 Å². The molecule has 2 unspecified atom stereocenters. The first kappa shape index (κ1) is 32.0. The van der Waals surface area contributed by atoms with Crippen LogP contribution in [0.2, 0.25) is 0 Å². The molecule has 4 heterocycles. The van der Waals surface area contributed by atoms with Crippen molar-refractivity contribution in [3.8, 4) is 0 Å². The third-order valence-electron chi connectivity index (χ3n) is 9.30. The number of hydrogen-bond acceptors (Lipinski definition) is 8. The van der Waals surface area contributed by atoms with Crippen molar-refractivity contribution >= 4 is 29.5 Å². The van der Waals surface area contributed by atoms with Crippen molar-refractivity contribution in [2.45, 2.75) is 74.5 Å². The van der Waals surface area contributed by atoms with Crippen LogP contribution in [0.3, 0.4) is 0 Å². The first-order valence-corrected chi connectivity index (χ1v) is 16.1. The van der Waals surface area contributed by atoms with Gasteiger partial charge in [0.25, 0.3) is 0 Å². The number of fused-ring (bicyclic) bond motifs is 1. The summed E-state index contributed by atoms with van der Waals surface area (Å²) < 4.78 is 9.99. The predicted octanol–water partition coefficient (Wildman–Crippen LogP) is 2.73. The number of esters is 1. The monoisotopic (exact) mass is 591 g/mol. The molecule has 0 aliphatic carbocycles. The first-order chi connectivity index (χ1) is 19.6. The second kappa shape index (κ2) is 13.6. The summed E-state index contributed by atoms with van der Waals surface area (Å²) in [7, 11) is 0. The molecule has 4 saturated heterocycles. The van der Waals surface area contributed by atoms with Gasteiger partial charge in [0.2, 0.25) is 11.8 Å². The Morgan fingerprint density at radius 1 is 1.24 bits per heavy atom. The van der Waals surface area contributed by atoms with Gasteiger partial charge in [-0.15, -0.1) is 24.9 Å². The van der Waals surface area contributed by atoms with Gasteiger partial charge >= 0.3 is 5.97 Å². The molecule has 4 fully saturated rings. The Morgan fingerprint density at radius 3 is 2.61 bits per heavy atom. The van der Waals surface area contributed by atoms with Gasteiger partial charge < -0.3 is 24.4 Å². The lowest BCUT2D eigenvalue weighted by Gasteiger charge is -2.40. The van der Waals surface area contributed by atoms with E-state index in [4.69, 9.17) is 9.47 Å². The van der Waals surface area contributed by atoms with Crippen molar-refractivity contribution in [1.82, 2.24) is 14.7 Å². The molecule has 0 aromatic heterocycles. The number of ether oxygens (including phenoxy) is 2. The summed E-state index contributed by atoms with van der Waals surface area (Å²) in [5.74, 6) is -1.73. The minimum atomic E-state index is -0.758. The molecule has 0 aromatic carbocycles. The minimum absolute atomic E-state index is 0.118. The third-order valence-corrected chi connectivity index (χ3v) is 11.3. The number of aliphatic hydroxyl groups excluding tert-OH is 1. The maximum absolute atomic E-state index is 14.6. The Balaban J connectivity index is 1.67. The minimum Gasteiger partial charge on any atom is -0.465 e. The number of rotatable bonds is 15. The van der Waals surface area contributed by atoms with Gasteiger partial charge in [0.1, 0.15) is 6.04 Å². The Kier molecular flexibility index (Phi) is 10.6. The van der Waals surface area contributed by atoms with E-state index in [1.165, 1.54) is 0 Å². The molecule has 2 bridgehead atoms. The summed E-state index contributed by atoms with van der Waals surface area (Å²) in [4.78, 5) is 48.5. The summed E-state index contributed by atoms with van der Waals surface area (Å²) in [6.45, 7) is 18.4. The SMILES string of the molecule is C=CCCCOC(=O)[C@@H]1[C@H]2C(=O)N([C@@H](CO)CC(C)C)C(C(=O)N(CC=C)CCN3CCOCC3)C23CC[C@@]1(C)S3. The average molecular weight is 592 g/mol. The summed E-state index contributed by atoms with van der Waals surface area (Å²) >= 11 is 1.64. The van der Waals surface area contributed by atoms with Crippen LogP contribution >= 0.6 is 11.8 Å². The molecule has 10 heteroatoms. The van der Waals surface area contributed by atoms with Crippen LogP contribution in [0, 0.1) is 17.8 Å². The lowest BCUT2D eigenvalue weighted by Crippen LogP contribution is -2.58. The highest BCUT2D eigenvalue weighted by Crippen LogP contribution is 2.71. The number of unbranched alkanes of at least 4 members (excludes halogenated alkanes) is 1. The molecule has 4 aliphatic heterocycles. The molecule has 0 saturated carbocycles. The Labute approximate surface area is 249 Å². The Bertz CT molecular complexity index is 987. The van der Waals surface area contributed by atoms with E-state index in [9.17, 15) is 19.5 Å². The van der Waals surface area contributed by atoms with Crippen LogP contribution in [0.1, 0.15) is 52.9 Å². The van der Waals surface area contributed by atoms with E-state index >= 15 is 0 Å². The topological polar surface area (TPSA) is 99.6 Å². The number of nitrogens with zero attached hydrogens (tertiary/aromatic N) is 3. The molecular weight excluding hydrogens is 542 g/mol. The van der Waals surface area contributed by atoms with Crippen molar-refractivity contribution in [1.29, 1.82) is 0 Å². The van der Waals surface area contributed by atoms with E-state index in [-0.39, 0.29) is 36.9 Å². The van der Waals surface area contributed by atoms with E-state index in [1.54, 1.807) is 28.8 Å². The number of hydrogen-bond donors (Lipinski definition) is 1. The molecule has 4 rings (SSSR count). The van der Waals surface area contributed by atoms with Gasteiger partial charge in [-0.05, 0) is 44.9 Å². The highest BCUT2D eigenvalue weighted by Gasteiger charge is 2.78. The fraction of sp³-hybridized carbons (Fsp3) is 0.774. The van der Waals surface area contributed by atoms with Gasteiger partial charge in [0.15, 0.2) is 0 Å². The summed E-state index contributed by atoms with van der Waals surface area (Å²) in [5.41, 5.74) is 0. The molecule has 1 N–H and O–H groups in total. The number of aliphatic hydroxyl groups is 1. The standard InChI is InChI=1S/C31H49N3O6S/c1-6-8-9-17-40-29(38)25-24-27(36)34(23(21-35)20-22(3)4)26(31(24)11-10-30(25,5)41-31)28(37)33(12-7-2)14-13-32-15-18-39-19-16-32/h6-7,22-26,35H,1-2,8-21H2,3-5H3/t23-,24+,25+,26?,30-,31?/m1/s1. The van der Waals surface area contributed by atoms with Crippen LogP contribution in [0.4, 0.5) is 0 Å². The zero-order chi connectivity index (χ0) is 29.8. The zero-order valence-corrected chi connectivity index (χ0v) is 25.9. The van der Waals surface area contributed by atoms with Gasteiger partial charge in [0, 0.05) is 37.5 Å². The van der Waals surface area contributed by atoms with Crippen LogP contribution in [0.15, 0.2) is 25.3 Å². The smallest absolute Gasteiger partial charge is 0.311 e. The number of morpholine rings is 1. The number of carbonyl (C=O) groups excluding carboxylic acids is 3. The maximum atomic E-state index is 14.6. The molecule has 0 radical (unpaired) electrons. The molecule has 9 nitrogen and oxygen atoms in total. The molecular formula is C31H49N3O6S. The van der Waals surface area contributed by atoms with Crippen molar-refractivity contribution < 1.29 is 29.0 Å². The van der Waals surface area contributed by atoms with Gasteiger partial charge in [-0.3, -0.25) is 19.3 Å². The highest BCUT2D eigenvalue weighted by molar-refractivity contribution is 8.02. The molecule has 0 aromatic rings. The van der Waals surface area contributed by atoms with Gasteiger partial charge in [-0.25, -0.2) is 0 Å². The fourth-order valence-electron chi connectivity index (χ4n) is 7.41. The second-order valence-corrected chi connectivity index (χ2v) is 14.5. The Morgan fingerprint density at radius 2 is 1.98 bits per heavy atom. The summed E-state index contributed by atoms with van der Waals surface area (Å²) in [5, 5.41) is 10.5. The van der Waals surface area contributed by atoms with E-state index in [0.29, 0.717) is 52.1 Å². The Hall–Kier alpha value is -1.88. The number of allylic oxidation sites excluding steroid dienone is 1. The number of amides is 2. The lowest BCUT2D eigenvalue weighted by molar-refractivity contribution is -0.156. The average Bonchev–Trinajstić information content (AvgIpc) is 3.52. The first-order valence-electron chi connectivity index (χ1n) is 15.2. The van der Waals surface area contributed by atoms with E-state index in [2.05, 4.69) is 38.8 Å². The molecule has 230 valence electrons. The number of thioether (sulfide) groups is 1. The van der Waals surface area contributed by atoms with Gasteiger partial charge in [-0.2, -0.15) is 0 Å². The predicted molar refractivity (Wildman–Crippen MR) is 160 cm³/mol. The van der Waals surface area contributed by atoms with Crippen LogP contribution in [0.5, 0.6) is 0 Å². The molecule has 1 spiro atoms. The summed E-state index contributed by atoms with van der Waals surface area (Å²) in [6.07, 6.45) is 6.93. The maximum Gasteiger partial charge on any atom is 0.311 e. The van der Waals surface area contributed by atoms with Crippen LogP contribution in [-0.4, -0.2) is 118 Å². The lowest BCUT2D eigenvalue weighted by atomic mass is 9.66. The van der Waals surface area contributed by atoms with Crippen molar-refractivity contribution in [2.24, 2.45) is 17.8 Å². The van der Waals surface area contributed by atoms with Gasteiger partial charge in [0.05, 0.1) is 49.1 Å². The van der Waals surface area contributed by atoms with Crippen LogP contribution in [-0.2, 0) is 23.9 Å². The van der Waals surface area contributed by atoms with Crippen LogP contribution in [0.25, 0.3) is 0 Å². The van der Waals surface area contributed by atoms with Crippen molar-refractivity contribution in [2.75, 3.05) is 59.2 Å². The van der Waals surface area contributed by atoms with Crippen molar-refractivity contribution in [3.63, 3.8) is 0 Å². The summed E-state index contributed by atoms with van der Waals surface area (Å²) in [6, 6.07) is -1.26. The van der Waals surface area contributed by atoms with E-state index in [1.807, 2.05) is 4.90 Å². The zero-order valence-electron chi connectivity index (χ0n) is 25.1. The number of likely N-dealkylation sites (tertiary alicyclic amines) is 1. The fourth-order valence-corrected chi connectivity index (χ4v) is 9.74. The highest BCUT2D eigenvalue weighted by atomic mass is 32.2. The third kappa shape index (κ3) is 6.26. The molecule has 4 aliphatic rings. The molecule has 6 atom stereocenters. The van der Waals surface area contributed by atoms with E-state index < -0.39 is 33.4 Å². The van der Waals surface area contributed by atoms with E-state index in [0.717, 1.165) is 25.9 Å². The molecule has 41 heavy (non-hydrogen) atoms. The normalized spacial score (nSPS) is 31.8. The van der Waals surface area contributed by atoms with Crippen molar-refractivity contribution in [3.05, 3.63) is 25.3 Å². The quantitative estimate of drug-likeness (QED) is 0.176. The largest absolute Gasteiger partial charge is 0.465 e. The number of carbonyl (C=O) groups is 3. The second-order valence-electron chi connectivity index (χ2n) is 12.6. The van der Waals surface area contributed by atoms with Gasteiger partial charge in [-0.1, -0.05) is 26.0 Å².